The highest BCUT2D eigenvalue weighted by molar-refractivity contribution is 5.69. The fourth-order valence-electron chi connectivity index (χ4n) is 1.88. The summed E-state index contributed by atoms with van der Waals surface area (Å²) < 4.78 is 8.54. The first-order chi connectivity index (χ1) is 9.62. The number of esters is 1. The highest BCUT2D eigenvalue weighted by Gasteiger charge is 2.10. The Kier molecular flexibility index (Phi) is 4.39. The molecule has 108 valence electrons. The summed E-state index contributed by atoms with van der Waals surface area (Å²) in [5.41, 5.74) is 7.95. The summed E-state index contributed by atoms with van der Waals surface area (Å²) in [6.45, 7) is 5.07. The van der Waals surface area contributed by atoms with Crippen LogP contribution in [0.5, 0.6) is 0 Å². The van der Waals surface area contributed by atoms with Gasteiger partial charge >= 0.3 is 5.97 Å². The van der Waals surface area contributed by atoms with Gasteiger partial charge in [0.05, 0.1) is 23.3 Å². The van der Waals surface area contributed by atoms with E-state index in [1.54, 1.807) is 6.20 Å². The summed E-state index contributed by atoms with van der Waals surface area (Å²) in [4.78, 5) is 11.7. The first-order valence-electron chi connectivity index (χ1n) is 6.61. The molecule has 0 aliphatic carbocycles. The first-order valence-corrected chi connectivity index (χ1v) is 6.61. The number of nitrogens with two attached hydrogens (primary N) is 1. The van der Waals surface area contributed by atoms with Crippen LogP contribution in [0.25, 0.3) is 0 Å². The number of rotatable bonds is 6. The number of carbonyl (C=O) groups excluding carboxylic acids is 1. The molecule has 0 aliphatic rings. The second kappa shape index (κ2) is 6.23. The van der Waals surface area contributed by atoms with Crippen molar-refractivity contribution in [3.63, 3.8) is 0 Å². The van der Waals surface area contributed by atoms with Gasteiger partial charge in [0.2, 0.25) is 0 Å². The Bertz CT molecular complexity index is 587. The van der Waals surface area contributed by atoms with Crippen LogP contribution in [0, 0.1) is 0 Å². The van der Waals surface area contributed by atoms with Gasteiger partial charge in [-0.25, -0.2) is 0 Å². The third-order valence-electron chi connectivity index (χ3n) is 2.90. The molecule has 0 atom stereocenters. The van der Waals surface area contributed by atoms with Crippen LogP contribution >= 0.6 is 0 Å². The molecule has 0 aliphatic heterocycles. The third kappa shape index (κ3) is 3.37. The summed E-state index contributed by atoms with van der Waals surface area (Å²) in [5, 5.41) is 8.34. The molecule has 0 bridgehead atoms. The van der Waals surface area contributed by atoms with Gasteiger partial charge in [-0.05, 0) is 19.4 Å². The van der Waals surface area contributed by atoms with Crippen LogP contribution in [-0.4, -0.2) is 25.5 Å². The summed E-state index contributed by atoms with van der Waals surface area (Å²) in [5.74, 6) is -0.352. The Morgan fingerprint density at radius 3 is 2.85 bits per heavy atom. The van der Waals surface area contributed by atoms with Crippen LogP contribution in [0.1, 0.15) is 25.2 Å². The molecule has 2 rings (SSSR count). The van der Waals surface area contributed by atoms with E-state index < -0.39 is 0 Å². The molecule has 0 aromatic carbocycles. The minimum Gasteiger partial charge on any atom is -0.458 e. The van der Waals surface area contributed by atoms with Gasteiger partial charge in [0.25, 0.3) is 0 Å². The first kappa shape index (κ1) is 14.1. The van der Waals surface area contributed by atoms with Crippen LogP contribution in [0.15, 0.2) is 18.5 Å². The molecule has 7 nitrogen and oxygen atoms in total. The number of anilines is 1. The zero-order valence-electron chi connectivity index (χ0n) is 11.7. The number of aryl methyl sites for hydroxylation is 2. The molecule has 2 aromatic rings. The molecular formula is C13H19N5O2. The lowest BCUT2D eigenvalue weighted by molar-refractivity contribution is -0.146. The molecule has 2 aromatic heterocycles. The van der Waals surface area contributed by atoms with E-state index in [-0.39, 0.29) is 19.1 Å². The standard InChI is InChI=1S/C13H19N5O2/c1-3-11-5-12(18(4-2)16-11)9-20-13(19)8-17-7-10(14)6-15-17/h5-7H,3-4,8-9,14H2,1-2H3. The van der Waals surface area contributed by atoms with Crippen molar-refractivity contribution in [1.29, 1.82) is 0 Å². The van der Waals surface area contributed by atoms with Gasteiger partial charge in [-0.3, -0.25) is 14.2 Å². The number of nitrogens with zero attached hydrogens (tertiary/aromatic N) is 4. The lowest BCUT2D eigenvalue weighted by atomic mass is 10.3. The molecule has 0 fully saturated rings. The van der Waals surface area contributed by atoms with Crippen LogP contribution in [0.4, 0.5) is 5.69 Å². The van der Waals surface area contributed by atoms with E-state index in [1.165, 1.54) is 10.9 Å². The fraction of sp³-hybridized carbons (Fsp3) is 0.462. The third-order valence-corrected chi connectivity index (χ3v) is 2.90. The van der Waals surface area contributed by atoms with Crippen LogP contribution < -0.4 is 5.73 Å². The lowest BCUT2D eigenvalue weighted by Gasteiger charge is -2.06. The predicted molar refractivity (Wildman–Crippen MR) is 73.7 cm³/mol. The van der Waals surface area contributed by atoms with Crippen molar-refractivity contribution >= 4 is 11.7 Å². The molecule has 0 spiro atoms. The number of nitrogen functional groups attached to an aromatic ring is 1. The summed E-state index contributed by atoms with van der Waals surface area (Å²) in [6, 6.07) is 1.96. The Morgan fingerprint density at radius 1 is 1.45 bits per heavy atom. The van der Waals surface area contributed by atoms with E-state index in [4.69, 9.17) is 10.5 Å². The molecule has 0 unspecified atom stereocenters. The van der Waals surface area contributed by atoms with Crippen LogP contribution in [-0.2, 0) is 35.6 Å². The summed E-state index contributed by atoms with van der Waals surface area (Å²) >= 11 is 0. The molecule has 7 heteroatoms. The second-order valence-corrected chi connectivity index (χ2v) is 4.43. The van der Waals surface area contributed by atoms with Gasteiger partial charge in [-0.2, -0.15) is 10.2 Å². The summed E-state index contributed by atoms with van der Waals surface area (Å²) in [7, 11) is 0. The zero-order chi connectivity index (χ0) is 14.5. The Morgan fingerprint density at radius 2 is 2.25 bits per heavy atom. The lowest BCUT2D eigenvalue weighted by Crippen LogP contribution is -2.15. The Labute approximate surface area is 117 Å². The highest BCUT2D eigenvalue weighted by Crippen LogP contribution is 2.07. The van der Waals surface area contributed by atoms with Gasteiger partial charge < -0.3 is 10.5 Å². The minimum absolute atomic E-state index is 0.0537. The summed E-state index contributed by atoms with van der Waals surface area (Å²) in [6.07, 6.45) is 3.94. The number of hydrogen-bond acceptors (Lipinski definition) is 5. The molecule has 0 saturated heterocycles. The van der Waals surface area contributed by atoms with Crippen molar-refractivity contribution in [3.8, 4) is 0 Å². The quantitative estimate of drug-likeness (QED) is 0.795. The van der Waals surface area contributed by atoms with Crippen molar-refractivity contribution < 1.29 is 9.53 Å². The normalized spacial score (nSPS) is 10.7. The predicted octanol–water partition coefficient (Wildman–Crippen LogP) is 0.987. The average molecular weight is 277 g/mol. The fourth-order valence-corrected chi connectivity index (χ4v) is 1.88. The van der Waals surface area contributed by atoms with Crippen LogP contribution in [0.3, 0.4) is 0 Å². The zero-order valence-corrected chi connectivity index (χ0v) is 11.7. The van der Waals surface area contributed by atoms with Crippen molar-refractivity contribution in [1.82, 2.24) is 19.6 Å². The number of aromatic nitrogens is 4. The average Bonchev–Trinajstić information content (AvgIpc) is 3.02. The van der Waals surface area contributed by atoms with Gasteiger partial charge in [0.15, 0.2) is 0 Å². The van der Waals surface area contributed by atoms with Crippen molar-refractivity contribution in [2.24, 2.45) is 0 Å². The second-order valence-electron chi connectivity index (χ2n) is 4.43. The van der Waals surface area contributed by atoms with Gasteiger partial charge in [0.1, 0.15) is 13.2 Å². The molecule has 20 heavy (non-hydrogen) atoms. The topological polar surface area (TPSA) is 88.0 Å². The van der Waals surface area contributed by atoms with E-state index in [9.17, 15) is 4.79 Å². The van der Waals surface area contributed by atoms with Crippen molar-refractivity contribution in [3.05, 3.63) is 29.8 Å². The monoisotopic (exact) mass is 277 g/mol. The van der Waals surface area contributed by atoms with Crippen molar-refractivity contribution in [2.75, 3.05) is 5.73 Å². The van der Waals surface area contributed by atoms with E-state index in [2.05, 4.69) is 10.2 Å². The van der Waals surface area contributed by atoms with Crippen molar-refractivity contribution in [2.45, 2.75) is 40.0 Å². The molecule has 0 amide bonds. The largest absolute Gasteiger partial charge is 0.458 e. The SMILES string of the molecule is CCc1cc(COC(=O)Cn2cc(N)cn2)n(CC)n1. The smallest absolute Gasteiger partial charge is 0.328 e. The maximum atomic E-state index is 11.7. The van der Waals surface area contributed by atoms with Gasteiger partial charge in [0, 0.05) is 12.7 Å². The maximum Gasteiger partial charge on any atom is 0.328 e. The van der Waals surface area contributed by atoms with E-state index in [0.29, 0.717) is 5.69 Å². The maximum absolute atomic E-state index is 11.7. The van der Waals surface area contributed by atoms with Gasteiger partial charge in [-0.15, -0.1) is 0 Å². The molecule has 2 heterocycles. The molecule has 0 radical (unpaired) electrons. The van der Waals surface area contributed by atoms with Gasteiger partial charge in [-0.1, -0.05) is 6.92 Å². The van der Waals surface area contributed by atoms with Crippen LogP contribution in [0.2, 0.25) is 0 Å². The molecular weight excluding hydrogens is 258 g/mol. The van der Waals surface area contributed by atoms with E-state index >= 15 is 0 Å². The number of ether oxygens (including phenoxy) is 1. The number of hydrogen-bond donors (Lipinski definition) is 1. The molecule has 2 N–H and O–H groups in total. The van der Waals surface area contributed by atoms with E-state index in [0.717, 1.165) is 24.4 Å². The highest BCUT2D eigenvalue weighted by atomic mass is 16.5. The number of carbonyl (C=O) groups is 1. The minimum atomic E-state index is -0.352. The molecule has 0 saturated carbocycles. The Hall–Kier alpha value is -2.31. The Balaban J connectivity index is 1.91. The van der Waals surface area contributed by atoms with E-state index in [1.807, 2.05) is 24.6 Å².